The molecule has 122 valence electrons. The van der Waals surface area contributed by atoms with Crippen molar-refractivity contribution >= 4 is 23.4 Å². The number of nitrogens with zero attached hydrogens (tertiary/aromatic N) is 1. The molecule has 0 aliphatic carbocycles. The number of rotatable bonds is 5. The van der Waals surface area contributed by atoms with Crippen LogP contribution in [-0.2, 0) is 6.42 Å². The molecule has 0 amide bonds. The van der Waals surface area contributed by atoms with Crippen molar-refractivity contribution in [2.75, 3.05) is 26.3 Å². The second kappa shape index (κ2) is 7.69. The molecular weight excluding hydrogens is 330 g/mol. The van der Waals surface area contributed by atoms with Crippen molar-refractivity contribution in [2.45, 2.75) is 22.3 Å². The highest BCUT2D eigenvalue weighted by Gasteiger charge is 2.27. The largest absolute Gasteiger partial charge is 0.395 e. The zero-order valence-corrected chi connectivity index (χ0v) is 14.4. The maximum absolute atomic E-state index is 9.41. The van der Waals surface area contributed by atoms with E-state index in [4.69, 9.17) is 11.6 Å². The molecule has 23 heavy (non-hydrogen) atoms. The highest BCUT2D eigenvalue weighted by atomic mass is 35.5. The van der Waals surface area contributed by atoms with Gasteiger partial charge in [-0.05, 0) is 41.8 Å². The summed E-state index contributed by atoms with van der Waals surface area (Å²) in [5.74, 6) is 0. The first-order valence-corrected chi connectivity index (χ1v) is 8.93. The Balaban J connectivity index is 2.07. The fourth-order valence-electron chi connectivity index (χ4n) is 3.09. The lowest BCUT2D eigenvalue weighted by Gasteiger charge is -2.31. The highest BCUT2D eigenvalue weighted by Crippen LogP contribution is 2.43. The van der Waals surface area contributed by atoms with Gasteiger partial charge in [-0.15, -0.1) is 0 Å². The minimum Gasteiger partial charge on any atom is -0.395 e. The third-order valence-corrected chi connectivity index (χ3v) is 5.60. The second-order valence-corrected chi connectivity index (χ2v) is 7.12. The Kier molecular flexibility index (Phi) is 5.62. The van der Waals surface area contributed by atoms with E-state index in [0.29, 0.717) is 18.1 Å². The van der Waals surface area contributed by atoms with Crippen molar-refractivity contribution in [1.29, 1.82) is 0 Å². The number of aliphatic hydroxyl groups is 2. The first-order chi connectivity index (χ1) is 11.2. The predicted octanol–water partition coefficient (Wildman–Crippen LogP) is 3.38. The zero-order chi connectivity index (χ0) is 16.2. The molecule has 1 aliphatic heterocycles. The molecule has 0 saturated heterocycles. The lowest BCUT2D eigenvalue weighted by atomic mass is 9.97. The SMILES string of the molecule is OCCN(CCO)C1Cc2ccccc2Sc2ccc(Cl)cc21. The lowest BCUT2D eigenvalue weighted by Crippen LogP contribution is -2.35. The Morgan fingerprint density at radius 1 is 1.04 bits per heavy atom. The topological polar surface area (TPSA) is 43.7 Å². The molecule has 0 aromatic heterocycles. The van der Waals surface area contributed by atoms with E-state index < -0.39 is 0 Å². The molecule has 3 nitrogen and oxygen atoms in total. The van der Waals surface area contributed by atoms with Crippen molar-refractivity contribution in [3.63, 3.8) is 0 Å². The minimum absolute atomic E-state index is 0.0706. The van der Waals surface area contributed by atoms with Gasteiger partial charge in [0.1, 0.15) is 0 Å². The van der Waals surface area contributed by atoms with E-state index in [1.807, 2.05) is 12.1 Å². The van der Waals surface area contributed by atoms with E-state index in [0.717, 1.165) is 6.42 Å². The van der Waals surface area contributed by atoms with Crippen LogP contribution >= 0.6 is 23.4 Å². The maximum atomic E-state index is 9.41. The van der Waals surface area contributed by atoms with Crippen molar-refractivity contribution in [1.82, 2.24) is 4.90 Å². The molecule has 0 saturated carbocycles. The monoisotopic (exact) mass is 349 g/mol. The molecule has 2 aromatic rings. The number of halogens is 1. The summed E-state index contributed by atoms with van der Waals surface area (Å²) in [4.78, 5) is 4.58. The van der Waals surface area contributed by atoms with Crippen LogP contribution in [0, 0.1) is 0 Å². The van der Waals surface area contributed by atoms with Crippen molar-refractivity contribution in [3.8, 4) is 0 Å². The molecule has 0 radical (unpaired) electrons. The second-order valence-electron chi connectivity index (χ2n) is 5.60. The lowest BCUT2D eigenvalue weighted by molar-refractivity contribution is 0.120. The van der Waals surface area contributed by atoms with E-state index in [1.165, 1.54) is 20.9 Å². The molecular formula is C18H20ClNO2S. The zero-order valence-electron chi connectivity index (χ0n) is 12.8. The van der Waals surface area contributed by atoms with Crippen LogP contribution in [0.1, 0.15) is 17.2 Å². The normalized spacial score (nSPS) is 16.8. The maximum Gasteiger partial charge on any atom is 0.0558 e. The standard InChI is InChI=1S/C18H20ClNO2S/c19-14-5-6-18-15(12-14)16(20(7-9-21)8-10-22)11-13-3-1-2-4-17(13)23-18/h1-6,12,16,21-22H,7-11H2. The third-order valence-electron chi connectivity index (χ3n) is 4.15. The molecule has 0 fully saturated rings. The van der Waals surface area contributed by atoms with Gasteiger partial charge in [0.2, 0.25) is 0 Å². The summed E-state index contributed by atoms with van der Waals surface area (Å²) in [7, 11) is 0. The molecule has 2 N–H and O–H groups in total. The van der Waals surface area contributed by atoms with Crippen LogP contribution < -0.4 is 0 Å². The summed E-state index contributed by atoms with van der Waals surface area (Å²) in [6, 6.07) is 14.5. The first kappa shape index (κ1) is 16.8. The van der Waals surface area contributed by atoms with E-state index in [-0.39, 0.29) is 19.3 Å². The van der Waals surface area contributed by atoms with Gasteiger partial charge >= 0.3 is 0 Å². The molecule has 1 atom stereocenters. The van der Waals surface area contributed by atoms with Crippen LogP contribution in [0.5, 0.6) is 0 Å². The van der Waals surface area contributed by atoms with E-state index in [2.05, 4.69) is 35.2 Å². The van der Waals surface area contributed by atoms with Crippen LogP contribution in [0.25, 0.3) is 0 Å². The fraction of sp³-hybridized carbons (Fsp3) is 0.333. The fourth-order valence-corrected chi connectivity index (χ4v) is 4.38. The van der Waals surface area contributed by atoms with Gasteiger partial charge in [-0.2, -0.15) is 0 Å². The summed E-state index contributed by atoms with van der Waals surface area (Å²) in [5, 5.41) is 19.5. The molecule has 1 unspecified atom stereocenters. The summed E-state index contributed by atoms with van der Waals surface area (Å²) < 4.78 is 0. The van der Waals surface area contributed by atoms with Crippen LogP contribution in [0.15, 0.2) is 52.3 Å². The highest BCUT2D eigenvalue weighted by molar-refractivity contribution is 7.99. The average molecular weight is 350 g/mol. The number of benzene rings is 2. The summed E-state index contributed by atoms with van der Waals surface area (Å²) in [6.07, 6.45) is 0.844. The van der Waals surface area contributed by atoms with Crippen molar-refractivity contribution < 1.29 is 10.2 Å². The Morgan fingerprint density at radius 3 is 2.52 bits per heavy atom. The average Bonchev–Trinajstić information content (AvgIpc) is 2.71. The van der Waals surface area contributed by atoms with E-state index in [9.17, 15) is 10.2 Å². The first-order valence-electron chi connectivity index (χ1n) is 7.74. The van der Waals surface area contributed by atoms with Crippen LogP contribution in [0.3, 0.4) is 0 Å². The number of hydrogen-bond acceptors (Lipinski definition) is 4. The molecule has 2 aromatic carbocycles. The number of fused-ring (bicyclic) bond motifs is 2. The predicted molar refractivity (Wildman–Crippen MR) is 94.2 cm³/mol. The van der Waals surface area contributed by atoms with Gasteiger partial charge < -0.3 is 10.2 Å². The van der Waals surface area contributed by atoms with Gasteiger partial charge in [-0.1, -0.05) is 41.6 Å². The molecule has 3 rings (SSSR count). The van der Waals surface area contributed by atoms with Crippen LogP contribution in [-0.4, -0.2) is 41.4 Å². The minimum atomic E-state index is 0.0706. The summed E-state index contributed by atoms with van der Waals surface area (Å²) >= 11 is 8.00. The molecule has 1 aliphatic rings. The number of aliphatic hydroxyl groups excluding tert-OH is 2. The van der Waals surface area contributed by atoms with E-state index >= 15 is 0 Å². The Morgan fingerprint density at radius 2 is 1.78 bits per heavy atom. The summed E-state index contributed by atoms with van der Waals surface area (Å²) in [6.45, 7) is 1.20. The van der Waals surface area contributed by atoms with Crippen molar-refractivity contribution in [3.05, 3.63) is 58.6 Å². The molecule has 5 heteroatoms. The Hall–Kier alpha value is -1.04. The van der Waals surface area contributed by atoms with E-state index in [1.54, 1.807) is 11.8 Å². The third kappa shape index (κ3) is 3.73. The molecule has 0 spiro atoms. The van der Waals surface area contributed by atoms with Crippen LogP contribution in [0.4, 0.5) is 0 Å². The van der Waals surface area contributed by atoms with Gasteiger partial charge in [0.25, 0.3) is 0 Å². The smallest absolute Gasteiger partial charge is 0.0558 e. The van der Waals surface area contributed by atoms with Gasteiger partial charge in [0.05, 0.1) is 13.2 Å². The quantitative estimate of drug-likeness (QED) is 0.868. The number of hydrogen-bond donors (Lipinski definition) is 2. The van der Waals surface area contributed by atoms with Crippen LogP contribution in [0.2, 0.25) is 5.02 Å². The van der Waals surface area contributed by atoms with Gasteiger partial charge in [0.15, 0.2) is 0 Å². The summed E-state index contributed by atoms with van der Waals surface area (Å²) in [5.41, 5.74) is 2.45. The van der Waals surface area contributed by atoms with Gasteiger partial charge in [0, 0.05) is 33.9 Å². The molecule has 1 heterocycles. The Labute approximate surface area is 145 Å². The Bertz CT molecular complexity index is 674. The van der Waals surface area contributed by atoms with Crippen molar-refractivity contribution in [2.24, 2.45) is 0 Å². The molecule has 0 bridgehead atoms. The van der Waals surface area contributed by atoms with Gasteiger partial charge in [-0.25, -0.2) is 0 Å². The van der Waals surface area contributed by atoms with Gasteiger partial charge in [-0.3, -0.25) is 4.90 Å².